The van der Waals surface area contributed by atoms with Gasteiger partial charge < -0.3 is 10.2 Å². The number of hydrogen-bond acceptors (Lipinski definition) is 2. The number of rotatable bonds is 2. The van der Waals surface area contributed by atoms with Gasteiger partial charge in [-0.05, 0) is 76.0 Å². The zero-order chi connectivity index (χ0) is 12.3. The first kappa shape index (κ1) is 15.6. The summed E-state index contributed by atoms with van der Waals surface area (Å²) in [4.78, 5) is 2.76. The summed E-state index contributed by atoms with van der Waals surface area (Å²) in [5.41, 5.74) is 0.777. The third-order valence-electron chi connectivity index (χ3n) is 5.75. The third-order valence-corrected chi connectivity index (χ3v) is 5.75. The Morgan fingerprint density at radius 1 is 0.947 bits per heavy atom. The molecule has 0 radical (unpaired) electrons. The molecule has 0 aromatic rings. The van der Waals surface area contributed by atoms with Crippen molar-refractivity contribution >= 4 is 12.4 Å². The van der Waals surface area contributed by atoms with E-state index in [1.165, 1.54) is 90.5 Å². The van der Waals surface area contributed by atoms with Crippen LogP contribution in [-0.4, -0.2) is 37.6 Å². The van der Waals surface area contributed by atoms with E-state index in [4.69, 9.17) is 0 Å². The molecule has 1 atom stereocenters. The standard InChI is InChI=1S/C16H30N2.ClH/c1-2-6-16(7-3-1)8-11-18(12-9-16)14-15-5-4-10-17-13-15;/h15,17H,1-14H2;1H. The summed E-state index contributed by atoms with van der Waals surface area (Å²) < 4.78 is 0. The summed E-state index contributed by atoms with van der Waals surface area (Å²) in [6, 6.07) is 0. The Kier molecular flexibility index (Phi) is 5.98. The molecule has 1 spiro atoms. The van der Waals surface area contributed by atoms with E-state index in [1.807, 2.05) is 0 Å². The van der Waals surface area contributed by atoms with Gasteiger partial charge in [0.15, 0.2) is 0 Å². The summed E-state index contributed by atoms with van der Waals surface area (Å²) in [5, 5.41) is 3.55. The van der Waals surface area contributed by atoms with Crippen LogP contribution >= 0.6 is 12.4 Å². The van der Waals surface area contributed by atoms with E-state index in [9.17, 15) is 0 Å². The zero-order valence-electron chi connectivity index (χ0n) is 12.3. The molecule has 3 aliphatic rings. The minimum absolute atomic E-state index is 0. The minimum atomic E-state index is 0. The molecule has 2 nitrogen and oxygen atoms in total. The Hall–Kier alpha value is 0.210. The van der Waals surface area contributed by atoms with Gasteiger partial charge in [0, 0.05) is 6.54 Å². The van der Waals surface area contributed by atoms with E-state index in [0.717, 1.165) is 11.3 Å². The summed E-state index contributed by atoms with van der Waals surface area (Å²) in [6.07, 6.45) is 13.4. The van der Waals surface area contributed by atoms with E-state index in [0.29, 0.717) is 0 Å². The van der Waals surface area contributed by atoms with Crippen LogP contribution in [0.5, 0.6) is 0 Å². The third kappa shape index (κ3) is 4.09. The number of likely N-dealkylation sites (tertiary alicyclic amines) is 1. The lowest BCUT2D eigenvalue weighted by Gasteiger charge is -2.45. The van der Waals surface area contributed by atoms with Crippen LogP contribution < -0.4 is 5.32 Å². The first-order valence-electron chi connectivity index (χ1n) is 8.29. The Labute approximate surface area is 125 Å². The van der Waals surface area contributed by atoms with Crippen LogP contribution in [-0.2, 0) is 0 Å². The Bertz CT molecular complexity index is 247. The minimum Gasteiger partial charge on any atom is -0.316 e. The van der Waals surface area contributed by atoms with Crippen LogP contribution in [0.3, 0.4) is 0 Å². The second-order valence-electron chi connectivity index (χ2n) is 7.07. The molecule has 2 saturated heterocycles. The highest BCUT2D eigenvalue weighted by molar-refractivity contribution is 5.85. The number of hydrogen-bond donors (Lipinski definition) is 1. The Morgan fingerprint density at radius 3 is 2.32 bits per heavy atom. The van der Waals surface area contributed by atoms with Crippen molar-refractivity contribution in [2.45, 2.75) is 57.8 Å². The molecule has 0 bridgehead atoms. The second kappa shape index (κ2) is 7.28. The van der Waals surface area contributed by atoms with Gasteiger partial charge in [0.2, 0.25) is 0 Å². The fourth-order valence-corrected chi connectivity index (χ4v) is 4.46. The van der Waals surface area contributed by atoms with Crippen LogP contribution in [0.2, 0.25) is 0 Å². The van der Waals surface area contributed by atoms with E-state index in [-0.39, 0.29) is 12.4 Å². The first-order valence-corrected chi connectivity index (χ1v) is 8.29. The lowest BCUT2D eigenvalue weighted by molar-refractivity contribution is 0.0574. The largest absolute Gasteiger partial charge is 0.316 e. The highest BCUT2D eigenvalue weighted by Crippen LogP contribution is 2.44. The first-order chi connectivity index (χ1) is 8.86. The van der Waals surface area contributed by atoms with Gasteiger partial charge in [-0.3, -0.25) is 0 Å². The normalized spacial score (nSPS) is 31.9. The van der Waals surface area contributed by atoms with Crippen molar-refractivity contribution in [2.75, 3.05) is 32.7 Å². The van der Waals surface area contributed by atoms with E-state index >= 15 is 0 Å². The topological polar surface area (TPSA) is 15.3 Å². The fraction of sp³-hybridized carbons (Fsp3) is 1.00. The van der Waals surface area contributed by atoms with Crippen LogP contribution in [0.25, 0.3) is 0 Å². The van der Waals surface area contributed by atoms with Crippen molar-refractivity contribution in [1.29, 1.82) is 0 Å². The predicted octanol–water partition coefficient (Wildman–Crippen LogP) is 3.45. The lowest BCUT2D eigenvalue weighted by Crippen LogP contribution is -2.45. The Morgan fingerprint density at radius 2 is 1.68 bits per heavy atom. The van der Waals surface area contributed by atoms with E-state index in [2.05, 4.69) is 10.2 Å². The van der Waals surface area contributed by atoms with Crippen molar-refractivity contribution in [3.05, 3.63) is 0 Å². The smallest absolute Gasteiger partial charge is 0.00218 e. The van der Waals surface area contributed by atoms with Gasteiger partial charge in [-0.2, -0.15) is 0 Å². The predicted molar refractivity (Wildman–Crippen MR) is 84.0 cm³/mol. The quantitative estimate of drug-likeness (QED) is 0.836. The molecule has 1 unspecified atom stereocenters. The molecule has 3 rings (SSSR count). The number of nitrogens with one attached hydrogen (secondary N) is 1. The van der Waals surface area contributed by atoms with Gasteiger partial charge in [0.1, 0.15) is 0 Å². The van der Waals surface area contributed by atoms with Crippen LogP contribution in [0.4, 0.5) is 0 Å². The monoisotopic (exact) mass is 286 g/mol. The van der Waals surface area contributed by atoms with Gasteiger partial charge in [0.05, 0.1) is 0 Å². The number of halogens is 1. The molecule has 1 aliphatic carbocycles. The summed E-state index contributed by atoms with van der Waals surface area (Å²) in [7, 11) is 0. The number of piperidine rings is 2. The van der Waals surface area contributed by atoms with Crippen LogP contribution in [0, 0.1) is 11.3 Å². The molecule has 0 amide bonds. The van der Waals surface area contributed by atoms with Crippen LogP contribution in [0.1, 0.15) is 57.8 Å². The lowest BCUT2D eigenvalue weighted by atomic mass is 9.68. The van der Waals surface area contributed by atoms with Gasteiger partial charge in [-0.25, -0.2) is 0 Å². The molecule has 2 heterocycles. The van der Waals surface area contributed by atoms with Crippen molar-refractivity contribution < 1.29 is 0 Å². The molecule has 112 valence electrons. The van der Waals surface area contributed by atoms with Crippen molar-refractivity contribution in [3.63, 3.8) is 0 Å². The maximum Gasteiger partial charge on any atom is 0.00218 e. The Balaban J connectivity index is 0.00000133. The van der Waals surface area contributed by atoms with Crippen molar-refractivity contribution in [3.8, 4) is 0 Å². The van der Waals surface area contributed by atoms with Gasteiger partial charge in [-0.15, -0.1) is 12.4 Å². The fourth-order valence-electron chi connectivity index (χ4n) is 4.46. The molecular weight excluding hydrogens is 256 g/mol. The van der Waals surface area contributed by atoms with Crippen molar-refractivity contribution in [2.24, 2.45) is 11.3 Å². The van der Waals surface area contributed by atoms with Gasteiger partial charge in [0.25, 0.3) is 0 Å². The maximum absolute atomic E-state index is 3.55. The summed E-state index contributed by atoms with van der Waals surface area (Å²) in [5.74, 6) is 0.930. The molecular formula is C16H31ClN2. The summed E-state index contributed by atoms with van der Waals surface area (Å²) in [6.45, 7) is 6.65. The molecule has 3 fully saturated rings. The summed E-state index contributed by atoms with van der Waals surface area (Å²) >= 11 is 0. The van der Waals surface area contributed by atoms with Gasteiger partial charge in [-0.1, -0.05) is 19.3 Å². The van der Waals surface area contributed by atoms with E-state index in [1.54, 1.807) is 0 Å². The number of nitrogens with zero attached hydrogens (tertiary/aromatic N) is 1. The molecule has 2 aliphatic heterocycles. The average Bonchev–Trinajstić information content (AvgIpc) is 2.44. The average molecular weight is 287 g/mol. The van der Waals surface area contributed by atoms with Crippen LogP contribution in [0.15, 0.2) is 0 Å². The van der Waals surface area contributed by atoms with E-state index < -0.39 is 0 Å². The highest BCUT2D eigenvalue weighted by Gasteiger charge is 2.35. The molecule has 0 aromatic heterocycles. The molecule has 3 heteroatoms. The maximum atomic E-state index is 3.55. The zero-order valence-corrected chi connectivity index (χ0v) is 13.1. The van der Waals surface area contributed by atoms with Crippen molar-refractivity contribution in [1.82, 2.24) is 10.2 Å². The molecule has 0 aromatic carbocycles. The highest BCUT2D eigenvalue weighted by atomic mass is 35.5. The second-order valence-corrected chi connectivity index (χ2v) is 7.07. The SMILES string of the molecule is C1CCC2(CC1)CCN(CC1CCCNC1)CC2.Cl. The molecule has 1 saturated carbocycles. The van der Waals surface area contributed by atoms with Gasteiger partial charge >= 0.3 is 0 Å². The molecule has 19 heavy (non-hydrogen) atoms. The molecule has 1 N–H and O–H groups in total.